The number of hydrogen-bond donors (Lipinski definition) is 2. The van der Waals surface area contributed by atoms with E-state index in [-0.39, 0.29) is 16.9 Å². The molecular weight excluding hydrogens is 252 g/mol. The Hall–Kier alpha value is -2.43. The molecule has 0 saturated carbocycles. The van der Waals surface area contributed by atoms with Crippen LogP contribution in [0, 0.1) is 11.6 Å². The summed E-state index contributed by atoms with van der Waals surface area (Å²) in [6, 6.07) is 10.0. The summed E-state index contributed by atoms with van der Waals surface area (Å²) in [4.78, 5) is 10.7. The lowest BCUT2D eigenvalue weighted by Gasteiger charge is -2.12. The molecule has 0 aromatic heterocycles. The van der Waals surface area contributed by atoms with Gasteiger partial charge in [-0.25, -0.2) is 8.78 Å². The van der Waals surface area contributed by atoms with E-state index in [1.54, 1.807) is 6.07 Å². The van der Waals surface area contributed by atoms with Gasteiger partial charge < -0.3 is 10.4 Å². The van der Waals surface area contributed by atoms with E-state index in [1.165, 1.54) is 36.4 Å². The topological polar surface area (TPSA) is 49.3 Å². The van der Waals surface area contributed by atoms with Crippen molar-refractivity contribution in [3.63, 3.8) is 0 Å². The van der Waals surface area contributed by atoms with Gasteiger partial charge in [0.05, 0.1) is 12.1 Å². The van der Waals surface area contributed by atoms with Crippen LogP contribution in [0.25, 0.3) is 0 Å². The molecule has 19 heavy (non-hydrogen) atoms. The van der Waals surface area contributed by atoms with Gasteiger partial charge in [-0.15, -0.1) is 0 Å². The Bertz CT molecular complexity index is 614. The quantitative estimate of drug-likeness (QED) is 0.889. The third kappa shape index (κ3) is 3.07. The maximum absolute atomic E-state index is 13.6. The van der Waals surface area contributed by atoms with E-state index in [4.69, 9.17) is 5.11 Å². The molecule has 0 aliphatic rings. The van der Waals surface area contributed by atoms with E-state index in [0.717, 1.165) is 0 Å². The Morgan fingerprint density at radius 1 is 1.00 bits per heavy atom. The summed E-state index contributed by atoms with van der Waals surface area (Å²) in [5.41, 5.74) is 0.408. The van der Waals surface area contributed by atoms with Crippen molar-refractivity contribution in [2.45, 2.75) is 6.42 Å². The van der Waals surface area contributed by atoms with Crippen LogP contribution in [0.4, 0.5) is 20.2 Å². The second-order valence-corrected chi connectivity index (χ2v) is 3.94. The molecule has 2 N–H and O–H groups in total. The highest BCUT2D eigenvalue weighted by atomic mass is 19.1. The Morgan fingerprint density at radius 2 is 1.63 bits per heavy atom. The molecule has 0 aliphatic heterocycles. The van der Waals surface area contributed by atoms with Crippen molar-refractivity contribution in [3.05, 3.63) is 59.7 Å². The van der Waals surface area contributed by atoms with Crippen LogP contribution in [0.2, 0.25) is 0 Å². The van der Waals surface area contributed by atoms with Gasteiger partial charge in [0, 0.05) is 11.3 Å². The first-order valence-corrected chi connectivity index (χ1v) is 5.58. The lowest BCUT2D eigenvalue weighted by molar-refractivity contribution is -0.136. The Kier molecular flexibility index (Phi) is 3.75. The lowest BCUT2D eigenvalue weighted by atomic mass is 10.1. The SMILES string of the molecule is O=C(O)Cc1c(F)cccc1Nc1ccccc1F. The zero-order valence-corrected chi connectivity index (χ0v) is 9.86. The van der Waals surface area contributed by atoms with Crippen molar-refractivity contribution < 1.29 is 18.7 Å². The van der Waals surface area contributed by atoms with Crippen LogP contribution in [-0.4, -0.2) is 11.1 Å². The van der Waals surface area contributed by atoms with Crippen LogP contribution in [0.5, 0.6) is 0 Å². The summed E-state index contributed by atoms with van der Waals surface area (Å²) in [5.74, 6) is -2.28. The van der Waals surface area contributed by atoms with Gasteiger partial charge in [0.25, 0.3) is 0 Å². The molecule has 2 aromatic carbocycles. The number of anilines is 2. The summed E-state index contributed by atoms with van der Waals surface area (Å²) < 4.78 is 27.1. The minimum absolute atomic E-state index is 0.00162. The first-order chi connectivity index (χ1) is 9.08. The van der Waals surface area contributed by atoms with E-state index >= 15 is 0 Å². The van der Waals surface area contributed by atoms with Crippen molar-refractivity contribution >= 4 is 17.3 Å². The average molecular weight is 263 g/mol. The van der Waals surface area contributed by atoms with E-state index in [9.17, 15) is 13.6 Å². The van der Waals surface area contributed by atoms with Gasteiger partial charge in [0.15, 0.2) is 0 Å². The van der Waals surface area contributed by atoms with E-state index in [1.807, 2.05) is 0 Å². The predicted octanol–water partition coefficient (Wildman–Crippen LogP) is 3.34. The van der Waals surface area contributed by atoms with Crippen LogP contribution < -0.4 is 5.32 Å². The molecular formula is C14H11F2NO2. The maximum Gasteiger partial charge on any atom is 0.308 e. The average Bonchev–Trinajstić information content (AvgIpc) is 2.36. The molecule has 0 fully saturated rings. The summed E-state index contributed by atoms with van der Waals surface area (Å²) in [6.07, 6.45) is -0.469. The normalized spacial score (nSPS) is 10.2. The van der Waals surface area contributed by atoms with Crippen molar-refractivity contribution in [2.24, 2.45) is 0 Å². The summed E-state index contributed by atoms with van der Waals surface area (Å²) in [5, 5.41) is 11.5. The molecule has 0 amide bonds. The van der Waals surface area contributed by atoms with Gasteiger partial charge in [-0.2, -0.15) is 0 Å². The highest BCUT2D eigenvalue weighted by Gasteiger charge is 2.13. The highest BCUT2D eigenvalue weighted by Crippen LogP contribution is 2.25. The first kappa shape index (κ1) is 13.0. The van der Waals surface area contributed by atoms with Gasteiger partial charge in [0.2, 0.25) is 0 Å². The molecule has 2 aromatic rings. The highest BCUT2D eigenvalue weighted by molar-refractivity contribution is 5.75. The van der Waals surface area contributed by atoms with Crippen LogP contribution in [-0.2, 0) is 11.2 Å². The van der Waals surface area contributed by atoms with Crippen molar-refractivity contribution in [3.8, 4) is 0 Å². The molecule has 0 saturated heterocycles. The number of benzene rings is 2. The number of halogens is 2. The fourth-order valence-corrected chi connectivity index (χ4v) is 1.71. The monoisotopic (exact) mass is 263 g/mol. The second kappa shape index (κ2) is 5.48. The first-order valence-electron chi connectivity index (χ1n) is 5.58. The largest absolute Gasteiger partial charge is 0.481 e. The van der Waals surface area contributed by atoms with Crippen molar-refractivity contribution in [1.82, 2.24) is 0 Å². The number of hydrogen-bond acceptors (Lipinski definition) is 2. The molecule has 98 valence electrons. The Labute approximate surface area is 108 Å². The maximum atomic E-state index is 13.6. The second-order valence-electron chi connectivity index (χ2n) is 3.94. The molecule has 3 nitrogen and oxygen atoms in total. The molecule has 0 heterocycles. The van der Waals surface area contributed by atoms with Gasteiger partial charge in [-0.05, 0) is 24.3 Å². The van der Waals surface area contributed by atoms with E-state index in [2.05, 4.69) is 5.32 Å². The van der Waals surface area contributed by atoms with Crippen LogP contribution >= 0.6 is 0 Å². The number of carboxylic acid groups (broad SMARTS) is 1. The van der Waals surface area contributed by atoms with Crippen LogP contribution in [0.15, 0.2) is 42.5 Å². The van der Waals surface area contributed by atoms with Gasteiger partial charge in [-0.3, -0.25) is 4.79 Å². The lowest BCUT2D eigenvalue weighted by Crippen LogP contribution is -2.06. The zero-order valence-electron chi connectivity index (χ0n) is 9.86. The standard InChI is InChI=1S/C14H11F2NO2/c15-10-5-3-7-12(9(10)8-14(18)19)17-13-6-2-1-4-11(13)16/h1-7,17H,8H2,(H,18,19). The molecule has 0 aliphatic carbocycles. The molecule has 0 atom stereocenters. The van der Waals surface area contributed by atoms with E-state index < -0.39 is 24.0 Å². The zero-order chi connectivity index (χ0) is 13.8. The Balaban J connectivity index is 2.37. The van der Waals surface area contributed by atoms with Crippen LogP contribution in [0.1, 0.15) is 5.56 Å². The van der Waals surface area contributed by atoms with Gasteiger partial charge in [0.1, 0.15) is 11.6 Å². The number of carboxylic acids is 1. The molecule has 5 heteroatoms. The molecule has 0 spiro atoms. The minimum atomic E-state index is -1.15. The van der Waals surface area contributed by atoms with Crippen molar-refractivity contribution in [2.75, 3.05) is 5.32 Å². The molecule has 0 unspecified atom stereocenters. The summed E-state index contributed by atoms with van der Waals surface area (Å²) in [6.45, 7) is 0. The molecule has 2 rings (SSSR count). The summed E-state index contributed by atoms with van der Waals surface area (Å²) in [7, 11) is 0. The predicted molar refractivity (Wildman–Crippen MR) is 67.4 cm³/mol. The van der Waals surface area contributed by atoms with Gasteiger partial charge in [-0.1, -0.05) is 18.2 Å². The smallest absolute Gasteiger partial charge is 0.308 e. The Morgan fingerprint density at radius 3 is 2.32 bits per heavy atom. The fraction of sp³-hybridized carbons (Fsp3) is 0.0714. The number of para-hydroxylation sites is 1. The number of nitrogens with one attached hydrogen (secondary N) is 1. The van der Waals surface area contributed by atoms with Crippen LogP contribution in [0.3, 0.4) is 0 Å². The van der Waals surface area contributed by atoms with Gasteiger partial charge >= 0.3 is 5.97 Å². The third-order valence-corrected chi connectivity index (χ3v) is 2.59. The van der Waals surface area contributed by atoms with Crippen molar-refractivity contribution in [1.29, 1.82) is 0 Å². The molecule has 0 bridgehead atoms. The minimum Gasteiger partial charge on any atom is -0.481 e. The fourth-order valence-electron chi connectivity index (χ4n) is 1.71. The molecule has 0 radical (unpaired) electrons. The van der Waals surface area contributed by atoms with E-state index in [0.29, 0.717) is 0 Å². The number of rotatable bonds is 4. The number of aliphatic carboxylic acids is 1. The third-order valence-electron chi connectivity index (χ3n) is 2.59. The number of carbonyl (C=O) groups is 1. The summed E-state index contributed by atoms with van der Waals surface area (Å²) >= 11 is 0.